The van der Waals surface area contributed by atoms with Crippen molar-refractivity contribution < 1.29 is 4.79 Å². The van der Waals surface area contributed by atoms with Gasteiger partial charge in [0, 0.05) is 37.0 Å². The predicted octanol–water partition coefficient (Wildman–Crippen LogP) is 3.04. The normalized spacial score (nSPS) is 19.8. The molecule has 1 aromatic carbocycles. The average Bonchev–Trinajstić information content (AvgIpc) is 3.15. The summed E-state index contributed by atoms with van der Waals surface area (Å²) < 4.78 is 2.18. The molecule has 0 spiro atoms. The molecule has 1 saturated heterocycles. The standard InChI is InChI=1S/C25H30N6O/c32-24(18-30-14-10-20(11-15-30)19-5-2-1-3-6-19)27-22-8-9-23-28-29-25(31(23)16-12-22)21-7-4-13-26-17-21/h1-7,13,17,20,22H,8-12,14-16,18H2,(H,27,32). The number of amides is 1. The molecule has 7 nitrogen and oxygen atoms in total. The number of piperidine rings is 1. The Hall–Kier alpha value is -3.06. The van der Waals surface area contributed by atoms with Crippen LogP contribution >= 0.6 is 0 Å². The zero-order valence-electron chi connectivity index (χ0n) is 18.4. The van der Waals surface area contributed by atoms with Gasteiger partial charge < -0.3 is 9.88 Å². The van der Waals surface area contributed by atoms with E-state index >= 15 is 0 Å². The van der Waals surface area contributed by atoms with Gasteiger partial charge in [-0.25, -0.2) is 0 Å². The summed E-state index contributed by atoms with van der Waals surface area (Å²) >= 11 is 0. The van der Waals surface area contributed by atoms with E-state index in [1.54, 1.807) is 6.20 Å². The van der Waals surface area contributed by atoms with Crippen molar-refractivity contribution in [1.82, 2.24) is 30.0 Å². The van der Waals surface area contributed by atoms with Gasteiger partial charge in [0.1, 0.15) is 5.82 Å². The van der Waals surface area contributed by atoms with Crippen molar-refractivity contribution in [1.29, 1.82) is 0 Å². The number of likely N-dealkylation sites (tertiary alicyclic amines) is 1. The van der Waals surface area contributed by atoms with Crippen molar-refractivity contribution in [3.05, 3.63) is 66.2 Å². The number of carbonyl (C=O) groups is 1. The lowest BCUT2D eigenvalue weighted by atomic mass is 9.89. The topological polar surface area (TPSA) is 75.9 Å². The fraction of sp³-hybridized carbons (Fsp3) is 0.440. The second-order valence-electron chi connectivity index (χ2n) is 8.89. The summed E-state index contributed by atoms with van der Waals surface area (Å²) in [4.78, 5) is 19.2. The molecule has 5 rings (SSSR count). The number of benzene rings is 1. The molecule has 0 aliphatic carbocycles. The van der Waals surface area contributed by atoms with Gasteiger partial charge in [-0.2, -0.15) is 0 Å². The van der Waals surface area contributed by atoms with Gasteiger partial charge in [-0.05, 0) is 62.4 Å². The molecule has 1 N–H and O–H groups in total. The van der Waals surface area contributed by atoms with Crippen LogP contribution < -0.4 is 5.32 Å². The lowest BCUT2D eigenvalue weighted by Gasteiger charge is -2.32. The fourth-order valence-electron chi connectivity index (χ4n) is 4.97. The van der Waals surface area contributed by atoms with Crippen LogP contribution in [-0.4, -0.2) is 56.2 Å². The van der Waals surface area contributed by atoms with Crippen molar-refractivity contribution in [3.63, 3.8) is 0 Å². The molecule has 7 heteroatoms. The van der Waals surface area contributed by atoms with E-state index in [0.717, 1.165) is 69.0 Å². The van der Waals surface area contributed by atoms with Crippen LogP contribution in [0.1, 0.15) is 43.0 Å². The molecule has 1 fully saturated rings. The highest BCUT2D eigenvalue weighted by molar-refractivity contribution is 5.78. The van der Waals surface area contributed by atoms with E-state index < -0.39 is 0 Å². The number of pyridine rings is 1. The van der Waals surface area contributed by atoms with Gasteiger partial charge in [-0.1, -0.05) is 30.3 Å². The van der Waals surface area contributed by atoms with E-state index in [1.807, 2.05) is 18.3 Å². The second kappa shape index (κ2) is 9.61. The number of carbonyl (C=O) groups excluding carboxylic acids is 1. The quantitative estimate of drug-likeness (QED) is 0.673. The van der Waals surface area contributed by atoms with Crippen LogP contribution in [0.3, 0.4) is 0 Å². The third-order valence-electron chi connectivity index (χ3n) is 6.76. The summed E-state index contributed by atoms with van der Waals surface area (Å²) in [5, 5.41) is 12.1. The molecule has 2 aliphatic heterocycles. The lowest BCUT2D eigenvalue weighted by molar-refractivity contribution is -0.123. The Morgan fingerprint density at radius 2 is 1.81 bits per heavy atom. The van der Waals surface area contributed by atoms with Crippen LogP contribution in [0, 0.1) is 0 Å². The first-order chi connectivity index (χ1) is 15.8. The largest absolute Gasteiger partial charge is 0.352 e. The molecule has 166 valence electrons. The monoisotopic (exact) mass is 430 g/mol. The third-order valence-corrected chi connectivity index (χ3v) is 6.76. The first kappa shape index (κ1) is 20.8. The number of aromatic nitrogens is 4. The number of rotatable bonds is 5. The van der Waals surface area contributed by atoms with Crippen molar-refractivity contribution in [3.8, 4) is 11.4 Å². The maximum absolute atomic E-state index is 12.7. The first-order valence-corrected chi connectivity index (χ1v) is 11.7. The van der Waals surface area contributed by atoms with Crippen LogP contribution in [0.2, 0.25) is 0 Å². The number of hydrogen-bond donors (Lipinski definition) is 1. The van der Waals surface area contributed by atoms with Crippen LogP contribution in [0.25, 0.3) is 11.4 Å². The number of fused-ring (bicyclic) bond motifs is 1. The second-order valence-corrected chi connectivity index (χ2v) is 8.89. The highest BCUT2D eigenvalue weighted by atomic mass is 16.2. The van der Waals surface area contributed by atoms with Crippen molar-refractivity contribution in [2.24, 2.45) is 0 Å². The molecule has 0 radical (unpaired) electrons. The Morgan fingerprint density at radius 1 is 0.969 bits per heavy atom. The molecule has 32 heavy (non-hydrogen) atoms. The number of hydrogen-bond acceptors (Lipinski definition) is 5. The summed E-state index contributed by atoms with van der Waals surface area (Å²) in [6.45, 7) is 3.26. The van der Waals surface area contributed by atoms with Gasteiger partial charge in [0.2, 0.25) is 5.91 Å². The lowest BCUT2D eigenvalue weighted by Crippen LogP contribution is -2.44. The average molecular weight is 431 g/mol. The van der Waals surface area contributed by atoms with Crippen LogP contribution in [0.5, 0.6) is 0 Å². The minimum atomic E-state index is 0.137. The summed E-state index contributed by atoms with van der Waals surface area (Å²) in [7, 11) is 0. The zero-order valence-corrected chi connectivity index (χ0v) is 18.4. The van der Waals surface area contributed by atoms with Crippen LogP contribution in [-0.2, 0) is 17.8 Å². The first-order valence-electron chi connectivity index (χ1n) is 11.7. The molecular formula is C25H30N6O. The molecule has 4 heterocycles. The Bertz CT molecular complexity index is 1030. The Kier molecular flexibility index (Phi) is 6.25. The van der Waals surface area contributed by atoms with E-state index in [4.69, 9.17) is 0 Å². The molecular weight excluding hydrogens is 400 g/mol. The van der Waals surface area contributed by atoms with E-state index in [-0.39, 0.29) is 11.9 Å². The van der Waals surface area contributed by atoms with E-state index in [9.17, 15) is 4.79 Å². The SMILES string of the molecule is O=C(CN1CCC(c2ccccc2)CC1)NC1CCc2nnc(-c3cccnc3)n2CC1. The van der Waals surface area contributed by atoms with Gasteiger partial charge in [0.25, 0.3) is 0 Å². The molecule has 0 saturated carbocycles. The van der Waals surface area contributed by atoms with Gasteiger partial charge >= 0.3 is 0 Å². The molecule has 1 atom stereocenters. The third kappa shape index (κ3) is 4.72. The molecule has 2 aromatic heterocycles. The number of aryl methyl sites for hydroxylation is 1. The van der Waals surface area contributed by atoms with E-state index in [0.29, 0.717) is 12.5 Å². The summed E-state index contributed by atoms with van der Waals surface area (Å²) in [5.74, 6) is 2.60. The molecule has 3 aromatic rings. The highest BCUT2D eigenvalue weighted by Crippen LogP contribution is 2.27. The Labute approximate surface area is 188 Å². The zero-order chi connectivity index (χ0) is 21.8. The van der Waals surface area contributed by atoms with E-state index in [1.165, 1.54) is 5.56 Å². The summed E-state index contributed by atoms with van der Waals surface area (Å²) in [5.41, 5.74) is 2.40. The molecule has 2 aliphatic rings. The number of nitrogens with one attached hydrogen (secondary N) is 1. The smallest absolute Gasteiger partial charge is 0.234 e. The van der Waals surface area contributed by atoms with Gasteiger partial charge in [-0.3, -0.25) is 14.7 Å². The minimum Gasteiger partial charge on any atom is -0.352 e. The van der Waals surface area contributed by atoms with Crippen molar-refractivity contribution in [2.75, 3.05) is 19.6 Å². The van der Waals surface area contributed by atoms with Crippen LogP contribution in [0.15, 0.2) is 54.9 Å². The molecule has 0 bridgehead atoms. The summed E-state index contributed by atoms with van der Waals surface area (Å²) in [6, 6.07) is 14.8. The van der Waals surface area contributed by atoms with Crippen molar-refractivity contribution >= 4 is 5.91 Å². The minimum absolute atomic E-state index is 0.137. The maximum atomic E-state index is 12.7. The van der Waals surface area contributed by atoms with Gasteiger partial charge in [-0.15, -0.1) is 10.2 Å². The van der Waals surface area contributed by atoms with Gasteiger partial charge in [0.05, 0.1) is 6.54 Å². The maximum Gasteiger partial charge on any atom is 0.234 e. The number of nitrogens with zero attached hydrogens (tertiary/aromatic N) is 5. The molecule has 1 amide bonds. The molecule has 1 unspecified atom stereocenters. The predicted molar refractivity (Wildman–Crippen MR) is 123 cm³/mol. The van der Waals surface area contributed by atoms with Gasteiger partial charge in [0.15, 0.2) is 5.82 Å². The van der Waals surface area contributed by atoms with Crippen LogP contribution in [0.4, 0.5) is 0 Å². The Morgan fingerprint density at radius 3 is 2.59 bits per heavy atom. The van der Waals surface area contributed by atoms with Crippen molar-refractivity contribution in [2.45, 2.75) is 50.6 Å². The van der Waals surface area contributed by atoms with E-state index in [2.05, 4.69) is 60.3 Å². The highest BCUT2D eigenvalue weighted by Gasteiger charge is 2.25. The fourth-order valence-corrected chi connectivity index (χ4v) is 4.97. The summed E-state index contributed by atoms with van der Waals surface area (Å²) in [6.07, 6.45) is 8.42. The Balaban J connectivity index is 1.12.